The topological polar surface area (TPSA) is 26.3 Å². The minimum atomic E-state index is -4.90. The van der Waals surface area contributed by atoms with Gasteiger partial charge in [0.25, 0.3) is 0 Å². The minimum absolute atomic E-state index is 0.178. The first kappa shape index (κ1) is 8.05. The zero-order valence-corrected chi connectivity index (χ0v) is 5.33. The predicted molar refractivity (Wildman–Crippen MR) is 26.3 cm³/mol. The van der Waals surface area contributed by atoms with E-state index in [4.69, 9.17) is 0 Å². The van der Waals surface area contributed by atoms with Crippen LogP contribution in [0.3, 0.4) is 0 Å². The lowest BCUT2D eigenvalue weighted by molar-refractivity contribution is 0.182. The van der Waals surface area contributed by atoms with E-state index in [1.165, 1.54) is 0 Å². The monoisotopic (exact) mass is 144 g/mol. The third kappa shape index (κ3) is 6.05. The van der Waals surface area contributed by atoms with Gasteiger partial charge in [-0.3, -0.25) is 0 Å². The second-order valence-electron chi connectivity index (χ2n) is 1.19. The molecular formula is C3H7F2O2P. The zero-order valence-electron chi connectivity index (χ0n) is 4.43. The number of halogens is 2. The van der Waals surface area contributed by atoms with E-state index in [-0.39, 0.29) is 6.61 Å². The van der Waals surface area contributed by atoms with Crippen molar-refractivity contribution in [2.24, 2.45) is 0 Å². The summed E-state index contributed by atoms with van der Waals surface area (Å²) in [6.45, 7) is 1.74. The summed E-state index contributed by atoms with van der Waals surface area (Å²) in [5.41, 5.74) is 0. The molecule has 0 N–H and O–H groups in total. The fraction of sp³-hybridized carbons (Fsp3) is 1.00. The summed E-state index contributed by atoms with van der Waals surface area (Å²) >= 11 is 0. The molecule has 0 amide bonds. The fourth-order valence-electron chi connectivity index (χ4n) is 0.198. The number of rotatable bonds is 3. The Labute approximate surface area is 46.4 Å². The molecule has 0 bridgehead atoms. The van der Waals surface area contributed by atoms with Gasteiger partial charge in [0.15, 0.2) is 6.35 Å². The van der Waals surface area contributed by atoms with Gasteiger partial charge < -0.3 is 4.74 Å². The van der Waals surface area contributed by atoms with Crippen molar-refractivity contribution in [2.45, 2.75) is 6.92 Å². The third-order valence-electron chi connectivity index (χ3n) is 0.446. The molecule has 0 unspecified atom stereocenters. The Hall–Kier alpha value is 0.0500. The van der Waals surface area contributed by atoms with Crippen LogP contribution in [0.1, 0.15) is 6.92 Å². The molecule has 0 aliphatic heterocycles. The molecule has 0 atom stereocenters. The Morgan fingerprint density at radius 3 is 2.25 bits per heavy atom. The molecule has 8 heavy (non-hydrogen) atoms. The van der Waals surface area contributed by atoms with Gasteiger partial charge in [-0.1, -0.05) is 0 Å². The summed E-state index contributed by atoms with van der Waals surface area (Å²) in [6, 6.07) is 0. The smallest absolute Gasteiger partial charge is 0.369 e. The number of ether oxygens (including phenoxy) is 1. The normalized spacial score (nSPS) is 11.9. The van der Waals surface area contributed by atoms with E-state index in [0.717, 1.165) is 0 Å². The molecule has 0 saturated carbocycles. The molecule has 0 radical (unpaired) electrons. The summed E-state index contributed by atoms with van der Waals surface area (Å²) < 4.78 is 36.4. The fourth-order valence-corrected chi connectivity index (χ4v) is 0.593. The van der Waals surface area contributed by atoms with Gasteiger partial charge in [-0.2, -0.15) is 8.39 Å². The SMILES string of the molecule is CCOCP(=O)(F)F. The van der Waals surface area contributed by atoms with Gasteiger partial charge in [-0.15, -0.1) is 0 Å². The van der Waals surface area contributed by atoms with E-state index < -0.39 is 14.1 Å². The zero-order chi connectivity index (χ0) is 6.62. The summed E-state index contributed by atoms with van der Waals surface area (Å²) in [6.07, 6.45) is -0.913. The van der Waals surface area contributed by atoms with Gasteiger partial charge in [0.1, 0.15) is 0 Å². The first-order chi connectivity index (χ1) is 3.56. The summed E-state index contributed by atoms with van der Waals surface area (Å²) in [7, 11) is -4.90. The maximum atomic E-state index is 11.3. The first-order valence-corrected chi connectivity index (χ1v) is 3.80. The van der Waals surface area contributed by atoms with Gasteiger partial charge in [0, 0.05) is 6.61 Å². The highest BCUT2D eigenvalue weighted by Crippen LogP contribution is 2.48. The Balaban J connectivity index is 3.26. The van der Waals surface area contributed by atoms with E-state index in [1.807, 2.05) is 0 Å². The van der Waals surface area contributed by atoms with Crippen LogP contribution in [-0.4, -0.2) is 13.0 Å². The van der Waals surface area contributed by atoms with Crippen LogP contribution in [0.25, 0.3) is 0 Å². The van der Waals surface area contributed by atoms with Crippen molar-refractivity contribution in [1.29, 1.82) is 0 Å². The molecule has 0 rings (SSSR count). The number of hydrogen-bond donors (Lipinski definition) is 0. The van der Waals surface area contributed by atoms with Gasteiger partial charge in [0.2, 0.25) is 0 Å². The van der Waals surface area contributed by atoms with Crippen molar-refractivity contribution >= 4 is 7.76 Å². The van der Waals surface area contributed by atoms with Crippen LogP contribution in [0.15, 0.2) is 0 Å². The summed E-state index contributed by atoms with van der Waals surface area (Å²) in [5, 5.41) is 0. The van der Waals surface area contributed by atoms with Crippen LogP contribution in [0.5, 0.6) is 0 Å². The molecular weight excluding hydrogens is 137 g/mol. The van der Waals surface area contributed by atoms with Crippen molar-refractivity contribution in [2.75, 3.05) is 13.0 Å². The van der Waals surface area contributed by atoms with Crippen LogP contribution < -0.4 is 0 Å². The predicted octanol–water partition coefficient (Wildman–Crippen LogP) is 2.11. The molecule has 0 aromatic carbocycles. The van der Waals surface area contributed by atoms with E-state index >= 15 is 0 Å². The molecule has 0 aliphatic carbocycles. The van der Waals surface area contributed by atoms with Crippen molar-refractivity contribution in [3.05, 3.63) is 0 Å². The molecule has 2 nitrogen and oxygen atoms in total. The molecule has 0 saturated heterocycles. The van der Waals surface area contributed by atoms with Crippen molar-refractivity contribution in [3.63, 3.8) is 0 Å². The second kappa shape index (κ2) is 3.15. The second-order valence-corrected chi connectivity index (χ2v) is 2.59. The van der Waals surface area contributed by atoms with Gasteiger partial charge in [0.05, 0.1) is 0 Å². The molecule has 5 heteroatoms. The molecule has 0 aromatic heterocycles. The maximum Gasteiger partial charge on any atom is 0.427 e. The van der Waals surface area contributed by atoms with Crippen LogP contribution in [0.2, 0.25) is 0 Å². The standard InChI is InChI=1S/C3H7F2O2P/c1-2-7-3-8(4,5)6/h2-3H2,1H3. The highest BCUT2D eigenvalue weighted by atomic mass is 31.2. The highest BCUT2D eigenvalue weighted by molar-refractivity contribution is 7.52. The average molecular weight is 144 g/mol. The van der Waals surface area contributed by atoms with E-state index in [9.17, 15) is 13.0 Å². The van der Waals surface area contributed by atoms with Crippen LogP contribution in [-0.2, 0) is 9.30 Å². The van der Waals surface area contributed by atoms with Crippen LogP contribution >= 0.6 is 7.76 Å². The van der Waals surface area contributed by atoms with E-state index in [2.05, 4.69) is 4.74 Å². The summed E-state index contributed by atoms with van der Waals surface area (Å²) in [4.78, 5) is 0. The lowest BCUT2D eigenvalue weighted by Crippen LogP contribution is -1.88. The van der Waals surface area contributed by atoms with E-state index in [1.54, 1.807) is 6.92 Å². The van der Waals surface area contributed by atoms with Crippen molar-refractivity contribution < 1.29 is 17.7 Å². The molecule has 0 aromatic rings. The minimum Gasteiger partial charge on any atom is -0.369 e. The third-order valence-corrected chi connectivity index (χ3v) is 0.929. The Morgan fingerprint density at radius 1 is 1.62 bits per heavy atom. The number of hydrogen-bond acceptors (Lipinski definition) is 2. The lowest BCUT2D eigenvalue weighted by atomic mass is 10.9. The van der Waals surface area contributed by atoms with E-state index in [0.29, 0.717) is 0 Å². The highest BCUT2D eigenvalue weighted by Gasteiger charge is 2.17. The Morgan fingerprint density at radius 2 is 2.12 bits per heavy atom. The van der Waals surface area contributed by atoms with Crippen molar-refractivity contribution in [1.82, 2.24) is 0 Å². The lowest BCUT2D eigenvalue weighted by Gasteiger charge is -1.96. The summed E-state index contributed by atoms with van der Waals surface area (Å²) in [5.74, 6) is 0. The van der Waals surface area contributed by atoms with Crippen LogP contribution in [0, 0.1) is 0 Å². The largest absolute Gasteiger partial charge is 0.427 e. The van der Waals surface area contributed by atoms with Gasteiger partial charge in [-0.05, 0) is 6.92 Å². The quantitative estimate of drug-likeness (QED) is 0.567. The Bertz CT molecular complexity index is 99.5. The van der Waals surface area contributed by atoms with Crippen molar-refractivity contribution in [3.8, 4) is 0 Å². The Kier molecular flexibility index (Phi) is 3.17. The molecule has 0 fully saturated rings. The van der Waals surface area contributed by atoms with Gasteiger partial charge >= 0.3 is 7.76 Å². The molecule has 50 valence electrons. The molecule has 0 heterocycles. The van der Waals surface area contributed by atoms with Gasteiger partial charge in [-0.25, -0.2) is 4.57 Å². The first-order valence-electron chi connectivity index (χ1n) is 2.12. The molecule has 0 aliphatic rings. The van der Waals surface area contributed by atoms with Crippen LogP contribution in [0.4, 0.5) is 8.39 Å². The average Bonchev–Trinajstić information content (AvgIpc) is 1.59. The maximum absolute atomic E-state index is 11.3. The molecule has 0 spiro atoms.